The highest BCUT2D eigenvalue weighted by atomic mass is 16.5. The summed E-state index contributed by atoms with van der Waals surface area (Å²) in [4.78, 5) is 5.13. The van der Waals surface area contributed by atoms with Crippen molar-refractivity contribution in [1.29, 1.82) is 0 Å². The van der Waals surface area contributed by atoms with Gasteiger partial charge in [0.1, 0.15) is 0 Å². The predicted molar refractivity (Wildman–Crippen MR) is 95.9 cm³/mol. The van der Waals surface area contributed by atoms with Gasteiger partial charge in [-0.25, -0.2) is 0 Å². The maximum atomic E-state index is 12.0. The van der Waals surface area contributed by atoms with Crippen molar-refractivity contribution in [3.63, 3.8) is 0 Å². The summed E-state index contributed by atoms with van der Waals surface area (Å²) >= 11 is 0. The maximum absolute atomic E-state index is 12.0. The second-order valence-corrected chi connectivity index (χ2v) is 10.4. The van der Waals surface area contributed by atoms with Crippen molar-refractivity contribution in [2.75, 3.05) is 14.2 Å². The molecule has 5 aliphatic carbocycles. The molecule has 0 unspecified atom stereocenters. The zero-order chi connectivity index (χ0) is 18.1. The Kier molecular flexibility index (Phi) is 3.00. The van der Waals surface area contributed by atoms with E-state index in [1.54, 1.807) is 7.11 Å². The average Bonchev–Trinajstić information content (AvgIpc) is 3.02. The number of hydrogen-bond donors (Lipinski definition) is 2. The van der Waals surface area contributed by atoms with Gasteiger partial charge in [0.15, 0.2) is 0 Å². The van der Waals surface area contributed by atoms with Crippen molar-refractivity contribution < 1.29 is 19.7 Å². The third-order valence-corrected chi connectivity index (χ3v) is 10.0. The number of aliphatic hydroxyl groups is 2. The highest BCUT2D eigenvalue weighted by Gasteiger charge is 2.81. The number of rotatable bonds is 2. The molecule has 5 nitrogen and oxygen atoms in total. The van der Waals surface area contributed by atoms with Crippen molar-refractivity contribution in [3.8, 4) is 0 Å². The van der Waals surface area contributed by atoms with Gasteiger partial charge in [-0.3, -0.25) is 4.99 Å². The molecule has 0 aromatic rings. The smallest absolute Gasteiger partial charge is 0.0776 e. The molecule has 0 aromatic heterocycles. The van der Waals surface area contributed by atoms with Crippen molar-refractivity contribution in [1.82, 2.24) is 0 Å². The Hall–Kier alpha value is -0.490. The number of hydrogen-bond acceptors (Lipinski definition) is 5. The van der Waals surface area contributed by atoms with Crippen LogP contribution in [0.5, 0.6) is 0 Å². The molecule has 1 heterocycles. The molecule has 144 valence electrons. The van der Waals surface area contributed by atoms with E-state index < -0.39 is 11.7 Å². The van der Waals surface area contributed by atoms with Crippen LogP contribution in [0.4, 0.5) is 0 Å². The number of methoxy groups -OCH3 is 2. The van der Waals surface area contributed by atoms with Gasteiger partial charge in [-0.15, -0.1) is 0 Å². The lowest BCUT2D eigenvalue weighted by Gasteiger charge is -2.64. The van der Waals surface area contributed by atoms with E-state index in [0.29, 0.717) is 12.3 Å². The highest BCUT2D eigenvalue weighted by Crippen LogP contribution is 2.78. The summed E-state index contributed by atoms with van der Waals surface area (Å²) in [6.07, 6.45) is 6.69. The van der Waals surface area contributed by atoms with Crippen molar-refractivity contribution >= 4 is 6.21 Å². The lowest BCUT2D eigenvalue weighted by molar-refractivity contribution is -0.229. The standard InChI is InChI=1S/C21H31NO4/c1-19-5-4-15(26-3)21-11-6-10-13(25-2)8-20(24,16(11)17(10)23)12(7-14(19)21)18(21)22-9-19/h9-18,23-24H,4-8H2,1-3H3/t10-,11-,12+,13+,14+,15+,16-,17+,18+,19+,20+,21-/m1/s1. The molecule has 5 saturated carbocycles. The Bertz CT molecular complexity index is 683. The van der Waals surface area contributed by atoms with Gasteiger partial charge in [-0.2, -0.15) is 0 Å². The molecule has 12 atom stereocenters. The fourth-order valence-electron chi connectivity index (χ4n) is 9.30. The fraction of sp³-hybridized carbons (Fsp3) is 0.952. The maximum Gasteiger partial charge on any atom is 0.0776 e. The molecule has 6 aliphatic rings. The van der Waals surface area contributed by atoms with Gasteiger partial charge in [0.2, 0.25) is 0 Å². The van der Waals surface area contributed by atoms with E-state index in [-0.39, 0.29) is 52.8 Å². The average molecular weight is 361 g/mol. The van der Waals surface area contributed by atoms with Gasteiger partial charge in [-0.1, -0.05) is 6.92 Å². The number of fused-ring (bicyclic) bond motifs is 2. The zero-order valence-corrected chi connectivity index (χ0v) is 16.0. The molecular formula is C21H31NO4. The van der Waals surface area contributed by atoms with E-state index >= 15 is 0 Å². The summed E-state index contributed by atoms with van der Waals surface area (Å²) in [6, 6.07) is 0.138. The topological polar surface area (TPSA) is 71.3 Å². The van der Waals surface area contributed by atoms with Gasteiger partial charge in [0, 0.05) is 55.4 Å². The van der Waals surface area contributed by atoms with E-state index in [0.717, 1.165) is 25.7 Å². The van der Waals surface area contributed by atoms with Crippen molar-refractivity contribution in [3.05, 3.63) is 0 Å². The molecule has 7 bridgehead atoms. The van der Waals surface area contributed by atoms with Crippen LogP contribution >= 0.6 is 0 Å². The monoisotopic (exact) mass is 361 g/mol. The van der Waals surface area contributed by atoms with E-state index in [4.69, 9.17) is 14.5 Å². The summed E-state index contributed by atoms with van der Waals surface area (Å²) in [6.45, 7) is 2.37. The predicted octanol–water partition coefficient (Wildman–Crippen LogP) is 1.65. The highest BCUT2D eigenvalue weighted by molar-refractivity contribution is 5.69. The van der Waals surface area contributed by atoms with E-state index in [1.807, 2.05) is 7.11 Å². The molecule has 5 fully saturated rings. The molecule has 26 heavy (non-hydrogen) atoms. The summed E-state index contributed by atoms with van der Waals surface area (Å²) in [5.74, 6) is 1.00. The Morgan fingerprint density at radius 1 is 1.15 bits per heavy atom. The van der Waals surface area contributed by atoms with Crippen molar-refractivity contribution in [2.24, 2.45) is 45.4 Å². The summed E-state index contributed by atoms with van der Waals surface area (Å²) < 4.78 is 11.9. The summed E-state index contributed by atoms with van der Waals surface area (Å²) in [7, 11) is 3.58. The fourth-order valence-corrected chi connectivity index (χ4v) is 9.30. The molecule has 0 radical (unpaired) electrons. The molecule has 5 heteroatoms. The third kappa shape index (κ3) is 1.45. The lowest BCUT2D eigenvalue weighted by Crippen LogP contribution is -2.70. The number of aliphatic hydroxyl groups excluding tert-OH is 1. The minimum atomic E-state index is -0.855. The molecule has 1 spiro atoms. The summed E-state index contributed by atoms with van der Waals surface area (Å²) in [5.41, 5.74) is -0.763. The van der Waals surface area contributed by atoms with Crippen LogP contribution in [0.1, 0.15) is 39.0 Å². The Balaban J connectivity index is 1.59. The van der Waals surface area contributed by atoms with Crippen molar-refractivity contribution in [2.45, 2.75) is 69.0 Å². The van der Waals surface area contributed by atoms with E-state index in [9.17, 15) is 10.2 Å². The first-order valence-corrected chi connectivity index (χ1v) is 10.4. The van der Waals surface area contributed by atoms with Gasteiger partial charge in [0.05, 0.1) is 30.0 Å². The summed E-state index contributed by atoms with van der Waals surface area (Å²) in [5, 5.41) is 23.2. The van der Waals surface area contributed by atoms with E-state index in [1.165, 1.54) is 0 Å². The molecule has 0 aromatic carbocycles. The molecule has 6 rings (SSSR count). The second-order valence-electron chi connectivity index (χ2n) is 10.4. The van der Waals surface area contributed by atoms with Crippen LogP contribution in [0.2, 0.25) is 0 Å². The Labute approximate surface area is 155 Å². The number of nitrogens with zero attached hydrogens (tertiary/aromatic N) is 1. The van der Waals surface area contributed by atoms with Crippen LogP contribution in [-0.4, -0.2) is 60.6 Å². The minimum absolute atomic E-state index is 0.0174. The van der Waals surface area contributed by atoms with Crippen LogP contribution in [0.3, 0.4) is 0 Å². The number of ether oxygens (including phenoxy) is 2. The second kappa shape index (κ2) is 4.73. The quantitative estimate of drug-likeness (QED) is 0.785. The minimum Gasteiger partial charge on any atom is -0.392 e. The van der Waals surface area contributed by atoms with Crippen LogP contribution in [0, 0.1) is 40.4 Å². The first-order valence-electron chi connectivity index (χ1n) is 10.4. The van der Waals surface area contributed by atoms with Gasteiger partial charge >= 0.3 is 0 Å². The van der Waals surface area contributed by atoms with Crippen LogP contribution in [0.15, 0.2) is 4.99 Å². The Morgan fingerprint density at radius 3 is 2.69 bits per heavy atom. The molecule has 0 amide bonds. The molecular weight excluding hydrogens is 330 g/mol. The van der Waals surface area contributed by atoms with Gasteiger partial charge < -0.3 is 19.7 Å². The van der Waals surface area contributed by atoms with Gasteiger partial charge in [-0.05, 0) is 37.5 Å². The molecule has 2 N–H and O–H groups in total. The largest absolute Gasteiger partial charge is 0.392 e. The molecule has 0 saturated heterocycles. The number of aliphatic imine (C=N–C) groups is 1. The van der Waals surface area contributed by atoms with Crippen LogP contribution < -0.4 is 0 Å². The van der Waals surface area contributed by atoms with Gasteiger partial charge in [0.25, 0.3) is 0 Å². The lowest BCUT2D eigenvalue weighted by atomic mass is 9.44. The van der Waals surface area contributed by atoms with E-state index in [2.05, 4.69) is 13.1 Å². The van der Waals surface area contributed by atoms with Crippen LogP contribution in [-0.2, 0) is 9.47 Å². The Morgan fingerprint density at radius 2 is 1.96 bits per heavy atom. The SMILES string of the molecule is CO[C@H]1C[C@@]2(O)[C@H]3[C@@H](O)[C@@H]1C[C@H]3[C@@]13[C@@H](OC)CC[C@@]4(C)C=N[C@H]1[C@@H]2C[C@H]34. The van der Waals surface area contributed by atoms with Crippen LogP contribution in [0.25, 0.3) is 0 Å². The zero-order valence-electron chi connectivity index (χ0n) is 16.0. The third-order valence-electron chi connectivity index (χ3n) is 10.0. The normalized spacial score (nSPS) is 66.9. The first kappa shape index (κ1) is 16.5. The first-order chi connectivity index (χ1) is 12.4. The molecule has 1 aliphatic heterocycles.